The second kappa shape index (κ2) is 4.11. The Hall–Kier alpha value is -2.00. The Balaban J connectivity index is 0.00000108. The van der Waals surface area contributed by atoms with Crippen LogP contribution in [-0.2, 0) is 0 Å². The molecule has 1 aromatic heterocycles. The lowest BCUT2D eigenvalue weighted by Crippen LogP contribution is -1.88. The molecule has 0 aliphatic rings. The van der Waals surface area contributed by atoms with Crippen LogP contribution in [0.25, 0.3) is 21.8 Å². The molecule has 2 aromatic carbocycles. The maximum atomic E-state index is 9.85. The molecule has 86 valence electrons. The third-order valence-electron chi connectivity index (χ3n) is 2.70. The van der Waals surface area contributed by atoms with Gasteiger partial charge in [0.05, 0.1) is 16.7 Å². The van der Waals surface area contributed by atoms with E-state index in [1.54, 1.807) is 6.07 Å². The number of hydrogen-bond acceptors (Lipinski definition) is 3. The smallest absolute Gasteiger partial charge is 0.147 e. The van der Waals surface area contributed by atoms with E-state index in [1.807, 2.05) is 36.4 Å². The molecule has 3 rings (SSSR count). The number of aromatic nitrogens is 1. The average molecular weight is 247 g/mol. The Morgan fingerprint density at radius 1 is 1.00 bits per heavy atom. The first-order valence-electron chi connectivity index (χ1n) is 5.02. The third kappa shape index (κ3) is 1.74. The van der Waals surface area contributed by atoms with Crippen molar-refractivity contribution in [3.8, 4) is 5.75 Å². The predicted octanol–water partition coefficient (Wildman–Crippen LogP) is 3.10. The molecule has 0 fully saturated rings. The maximum absolute atomic E-state index is 9.85. The lowest BCUT2D eigenvalue weighted by Gasteiger charge is -2.05. The highest BCUT2D eigenvalue weighted by molar-refractivity contribution is 5.98. The normalized spacial score (nSPS) is 10.4. The summed E-state index contributed by atoms with van der Waals surface area (Å²) in [7, 11) is 0. The lowest BCUT2D eigenvalue weighted by atomic mass is 10.1. The maximum Gasteiger partial charge on any atom is 0.147 e. The second-order valence-corrected chi connectivity index (χ2v) is 3.75. The van der Waals surface area contributed by atoms with Crippen LogP contribution in [0.2, 0.25) is 0 Å². The second-order valence-electron chi connectivity index (χ2n) is 3.75. The van der Waals surface area contributed by atoms with Gasteiger partial charge in [-0.3, -0.25) is 0 Å². The van der Waals surface area contributed by atoms with Crippen molar-refractivity contribution in [2.75, 3.05) is 5.73 Å². The van der Waals surface area contributed by atoms with Crippen molar-refractivity contribution in [3.05, 3.63) is 42.5 Å². The minimum Gasteiger partial charge on any atom is -0.505 e. The summed E-state index contributed by atoms with van der Waals surface area (Å²) in [5, 5.41) is 11.5. The van der Waals surface area contributed by atoms with Crippen LogP contribution in [0.3, 0.4) is 0 Å². The van der Waals surface area contributed by atoms with Crippen molar-refractivity contribution in [2.24, 2.45) is 0 Å². The summed E-state index contributed by atoms with van der Waals surface area (Å²) in [6.07, 6.45) is 0. The van der Waals surface area contributed by atoms with Crippen LogP contribution >= 0.6 is 12.4 Å². The third-order valence-corrected chi connectivity index (χ3v) is 2.70. The highest BCUT2D eigenvalue weighted by Gasteiger charge is 2.05. The SMILES string of the molecule is Cl.Nc1ccc2nc3ccccc3cc2c1O. The van der Waals surface area contributed by atoms with E-state index < -0.39 is 0 Å². The molecule has 1 heterocycles. The first-order chi connectivity index (χ1) is 7.75. The predicted molar refractivity (Wildman–Crippen MR) is 72.6 cm³/mol. The van der Waals surface area contributed by atoms with Gasteiger partial charge in [0, 0.05) is 10.8 Å². The number of nitrogens with zero attached hydrogens (tertiary/aromatic N) is 1. The summed E-state index contributed by atoms with van der Waals surface area (Å²) in [5.41, 5.74) is 7.70. The zero-order valence-corrected chi connectivity index (χ0v) is 9.74. The number of nitrogens with two attached hydrogens (primary N) is 1. The van der Waals surface area contributed by atoms with Gasteiger partial charge in [0.15, 0.2) is 0 Å². The van der Waals surface area contributed by atoms with E-state index in [0.29, 0.717) is 11.1 Å². The Labute approximate surface area is 104 Å². The van der Waals surface area contributed by atoms with E-state index >= 15 is 0 Å². The molecule has 0 atom stereocenters. The monoisotopic (exact) mass is 246 g/mol. The number of para-hydroxylation sites is 1. The standard InChI is InChI=1S/C13H10N2O.ClH/c14-10-5-6-12-9(13(10)16)7-8-3-1-2-4-11(8)15-12;/h1-7,16H,14H2;1H. The van der Waals surface area contributed by atoms with E-state index in [9.17, 15) is 5.11 Å². The van der Waals surface area contributed by atoms with Crippen molar-refractivity contribution >= 4 is 39.9 Å². The lowest BCUT2D eigenvalue weighted by molar-refractivity contribution is 0.484. The first kappa shape index (κ1) is 11.5. The van der Waals surface area contributed by atoms with Gasteiger partial charge in [-0.25, -0.2) is 4.98 Å². The van der Waals surface area contributed by atoms with Crippen molar-refractivity contribution in [2.45, 2.75) is 0 Å². The van der Waals surface area contributed by atoms with Crippen molar-refractivity contribution in [1.82, 2.24) is 4.98 Å². The van der Waals surface area contributed by atoms with Crippen molar-refractivity contribution < 1.29 is 5.11 Å². The van der Waals surface area contributed by atoms with Crippen LogP contribution < -0.4 is 5.73 Å². The molecule has 3 N–H and O–H groups in total. The molecule has 0 aliphatic carbocycles. The Kier molecular flexibility index (Phi) is 2.77. The molecule has 0 saturated carbocycles. The van der Waals surface area contributed by atoms with E-state index in [1.165, 1.54) is 0 Å². The van der Waals surface area contributed by atoms with E-state index in [2.05, 4.69) is 4.98 Å². The molecule has 0 aliphatic heterocycles. The topological polar surface area (TPSA) is 59.1 Å². The molecule has 0 saturated heterocycles. The van der Waals surface area contributed by atoms with Gasteiger partial charge in [0.2, 0.25) is 0 Å². The molecule has 3 aromatic rings. The number of rotatable bonds is 0. The number of nitrogen functional groups attached to an aromatic ring is 1. The van der Waals surface area contributed by atoms with Crippen LogP contribution in [0.5, 0.6) is 5.75 Å². The van der Waals surface area contributed by atoms with E-state index in [0.717, 1.165) is 16.4 Å². The van der Waals surface area contributed by atoms with Crippen molar-refractivity contribution in [3.63, 3.8) is 0 Å². The highest BCUT2D eigenvalue weighted by atomic mass is 35.5. The molecular weight excluding hydrogens is 236 g/mol. The highest BCUT2D eigenvalue weighted by Crippen LogP contribution is 2.31. The molecule has 0 radical (unpaired) electrons. The molecule has 0 unspecified atom stereocenters. The Morgan fingerprint density at radius 2 is 1.76 bits per heavy atom. The quantitative estimate of drug-likeness (QED) is 0.364. The summed E-state index contributed by atoms with van der Waals surface area (Å²) in [6, 6.07) is 13.2. The van der Waals surface area contributed by atoms with Crippen LogP contribution in [0.4, 0.5) is 5.69 Å². The Morgan fingerprint density at radius 3 is 2.59 bits per heavy atom. The zero-order valence-electron chi connectivity index (χ0n) is 8.92. The number of phenolic OH excluding ortho intramolecular Hbond substituents is 1. The fourth-order valence-corrected chi connectivity index (χ4v) is 1.85. The summed E-state index contributed by atoms with van der Waals surface area (Å²) in [5.74, 6) is 0.107. The molecule has 0 amide bonds. The largest absolute Gasteiger partial charge is 0.505 e. The van der Waals surface area contributed by atoms with Crippen LogP contribution in [0, 0.1) is 0 Å². The number of pyridine rings is 1. The first-order valence-corrected chi connectivity index (χ1v) is 5.02. The number of benzene rings is 2. The van der Waals surface area contributed by atoms with Crippen molar-refractivity contribution in [1.29, 1.82) is 0 Å². The van der Waals surface area contributed by atoms with Gasteiger partial charge < -0.3 is 10.8 Å². The summed E-state index contributed by atoms with van der Waals surface area (Å²) < 4.78 is 0. The molecule has 0 spiro atoms. The Bertz CT molecular complexity index is 697. The van der Waals surface area contributed by atoms with Crippen LogP contribution in [0.1, 0.15) is 0 Å². The fourth-order valence-electron chi connectivity index (χ4n) is 1.85. The van der Waals surface area contributed by atoms with Gasteiger partial charge in [-0.1, -0.05) is 18.2 Å². The van der Waals surface area contributed by atoms with Gasteiger partial charge in [-0.05, 0) is 24.3 Å². The molecule has 3 nitrogen and oxygen atoms in total. The van der Waals surface area contributed by atoms with Gasteiger partial charge in [-0.15, -0.1) is 12.4 Å². The van der Waals surface area contributed by atoms with Gasteiger partial charge in [0.25, 0.3) is 0 Å². The van der Waals surface area contributed by atoms with Gasteiger partial charge in [-0.2, -0.15) is 0 Å². The van der Waals surface area contributed by atoms with Crippen LogP contribution in [0.15, 0.2) is 42.5 Å². The average Bonchev–Trinajstić information content (AvgIpc) is 2.32. The summed E-state index contributed by atoms with van der Waals surface area (Å²) >= 11 is 0. The number of aromatic hydroxyl groups is 1. The zero-order chi connectivity index (χ0) is 11.1. The number of hydrogen-bond donors (Lipinski definition) is 2. The summed E-state index contributed by atoms with van der Waals surface area (Å²) in [4.78, 5) is 4.46. The number of anilines is 1. The molecular formula is C13H11ClN2O. The number of phenols is 1. The molecule has 17 heavy (non-hydrogen) atoms. The number of halogens is 1. The minimum absolute atomic E-state index is 0. The fraction of sp³-hybridized carbons (Fsp3) is 0. The molecule has 0 bridgehead atoms. The van der Waals surface area contributed by atoms with E-state index in [-0.39, 0.29) is 18.2 Å². The minimum atomic E-state index is 0. The van der Waals surface area contributed by atoms with Crippen LogP contribution in [-0.4, -0.2) is 10.1 Å². The molecule has 4 heteroatoms. The summed E-state index contributed by atoms with van der Waals surface area (Å²) in [6.45, 7) is 0. The van der Waals surface area contributed by atoms with Gasteiger partial charge >= 0.3 is 0 Å². The van der Waals surface area contributed by atoms with Gasteiger partial charge in [0.1, 0.15) is 5.75 Å². The number of fused-ring (bicyclic) bond motifs is 2. The van der Waals surface area contributed by atoms with E-state index in [4.69, 9.17) is 5.73 Å².